The Kier molecular flexibility index (Phi) is 4.64. The number of benzene rings is 2. The van der Waals surface area contributed by atoms with Crippen molar-refractivity contribution < 1.29 is 14.2 Å². The summed E-state index contributed by atoms with van der Waals surface area (Å²) >= 11 is 0. The molecule has 1 aliphatic rings. The summed E-state index contributed by atoms with van der Waals surface area (Å²) in [5.74, 6) is 1.62. The van der Waals surface area contributed by atoms with Gasteiger partial charge in [0.1, 0.15) is 11.5 Å². The zero-order valence-electron chi connectivity index (χ0n) is 12.7. The first-order valence-electron chi connectivity index (χ1n) is 7.51. The van der Waals surface area contributed by atoms with Gasteiger partial charge in [-0.2, -0.15) is 0 Å². The third-order valence-electron chi connectivity index (χ3n) is 3.69. The maximum atomic E-state index is 5.83. The molecule has 0 amide bonds. The van der Waals surface area contributed by atoms with Crippen molar-refractivity contribution in [1.82, 2.24) is 0 Å². The molecule has 1 aliphatic heterocycles. The molecule has 0 aromatic heterocycles. The highest BCUT2D eigenvalue weighted by Gasteiger charge is 2.17. The van der Waals surface area contributed by atoms with Gasteiger partial charge in [-0.05, 0) is 48.2 Å². The predicted octanol–water partition coefficient (Wildman–Crippen LogP) is 4.34. The summed E-state index contributed by atoms with van der Waals surface area (Å²) in [5, 5.41) is 0. The van der Waals surface area contributed by atoms with Crippen molar-refractivity contribution in [3.05, 3.63) is 72.0 Å². The van der Waals surface area contributed by atoms with E-state index < -0.39 is 0 Å². The second-order valence-electron chi connectivity index (χ2n) is 5.34. The van der Waals surface area contributed by atoms with E-state index >= 15 is 0 Å². The molecule has 0 fully saturated rings. The molecule has 3 heteroatoms. The van der Waals surface area contributed by atoms with E-state index in [0.717, 1.165) is 30.8 Å². The van der Waals surface area contributed by atoms with E-state index in [2.05, 4.69) is 24.3 Å². The smallest absolute Gasteiger partial charge is 0.240 e. The van der Waals surface area contributed by atoms with E-state index in [1.165, 1.54) is 11.1 Å². The van der Waals surface area contributed by atoms with Crippen molar-refractivity contribution in [2.45, 2.75) is 25.6 Å². The number of hydrogen-bond acceptors (Lipinski definition) is 3. The maximum Gasteiger partial charge on any atom is 0.240 e. The van der Waals surface area contributed by atoms with Crippen LogP contribution in [0.4, 0.5) is 0 Å². The van der Waals surface area contributed by atoms with Crippen LogP contribution in [0.25, 0.3) is 0 Å². The monoisotopic (exact) mass is 296 g/mol. The van der Waals surface area contributed by atoms with E-state index in [1.54, 1.807) is 7.11 Å². The van der Waals surface area contributed by atoms with E-state index in [0.29, 0.717) is 0 Å². The van der Waals surface area contributed by atoms with Crippen LogP contribution in [-0.2, 0) is 11.2 Å². The third kappa shape index (κ3) is 3.82. The molecule has 0 aliphatic carbocycles. The Bertz CT molecular complexity index is 617. The van der Waals surface area contributed by atoms with Crippen LogP contribution in [0.15, 0.2) is 66.4 Å². The second-order valence-corrected chi connectivity index (χ2v) is 5.34. The van der Waals surface area contributed by atoms with Gasteiger partial charge in [-0.25, -0.2) is 0 Å². The summed E-state index contributed by atoms with van der Waals surface area (Å²) in [6.07, 6.45) is 4.44. The van der Waals surface area contributed by atoms with Crippen molar-refractivity contribution in [2.24, 2.45) is 0 Å². The number of allylic oxidation sites excluding steroid dienone is 1. The van der Waals surface area contributed by atoms with Gasteiger partial charge >= 0.3 is 0 Å². The van der Waals surface area contributed by atoms with Crippen molar-refractivity contribution in [3.63, 3.8) is 0 Å². The number of hydrogen-bond donors (Lipinski definition) is 0. The molecule has 1 unspecified atom stereocenters. The fourth-order valence-corrected chi connectivity index (χ4v) is 2.48. The number of rotatable bonds is 5. The molecule has 0 bridgehead atoms. The molecule has 22 heavy (non-hydrogen) atoms. The molecule has 0 N–H and O–H groups in total. The highest BCUT2D eigenvalue weighted by molar-refractivity contribution is 5.31. The lowest BCUT2D eigenvalue weighted by Crippen LogP contribution is -2.22. The minimum absolute atomic E-state index is 0.215. The molecule has 0 spiro atoms. The molecule has 114 valence electrons. The Morgan fingerprint density at radius 1 is 1.00 bits per heavy atom. The average molecular weight is 296 g/mol. The van der Waals surface area contributed by atoms with Gasteiger partial charge in [0.25, 0.3) is 0 Å². The molecular weight excluding hydrogens is 276 g/mol. The molecule has 1 heterocycles. The summed E-state index contributed by atoms with van der Waals surface area (Å²) < 4.78 is 16.7. The second kappa shape index (κ2) is 7.03. The van der Waals surface area contributed by atoms with Crippen molar-refractivity contribution in [2.75, 3.05) is 7.11 Å². The highest BCUT2D eigenvalue weighted by Crippen LogP contribution is 2.25. The van der Waals surface area contributed by atoms with Gasteiger partial charge in [0.15, 0.2) is 0 Å². The quantitative estimate of drug-likeness (QED) is 0.821. The first-order valence-corrected chi connectivity index (χ1v) is 7.51. The number of ether oxygens (including phenoxy) is 3. The molecule has 1 atom stereocenters. The topological polar surface area (TPSA) is 27.7 Å². The highest BCUT2D eigenvalue weighted by atomic mass is 16.7. The third-order valence-corrected chi connectivity index (χ3v) is 3.69. The van der Waals surface area contributed by atoms with Gasteiger partial charge in [0.2, 0.25) is 6.29 Å². The van der Waals surface area contributed by atoms with Gasteiger partial charge in [-0.1, -0.05) is 30.3 Å². The van der Waals surface area contributed by atoms with Crippen molar-refractivity contribution in [3.8, 4) is 11.5 Å². The normalized spacial score (nSPS) is 17.3. The first-order chi connectivity index (χ1) is 10.8. The van der Waals surface area contributed by atoms with Crippen LogP contribution in [0.5, 0.6) is 11.5 Å². The van der Waals surface area contributed by atoms with Crippen LogP contribution < -0.4 is 9.47 Å². The molecule has 2 aromatic carbocycles. The van der Waals surface area contributed by atoms with E-state index in [1.807, 2.05) is 36.6 Å². The van der Waals surface area contributed by atoms with Gasteiger partial charge in [0, 0.05) is 6.42 Å². The molecule has 3 nitrogen and oxygen atoms in total. The fraction of sp³-hybridized carbons (Fsp3) is 0.263. The Morgan fingerprint density at radius 3 is 2.36 bits per heavy atom. The Labute approximate surface area is 131 Å². The molecular formula is C19H20O3. The minimum atomic E-state index is -0.215. The largest absolute Gasteiger partial charge is 0.497 e. The standard InChI is InChI=1S/C19H20O3/c1-20-17-8-10-18(11-9-17)22-19-12-7-16(14-21-19)13-15-5-3-2-4-6-15/h2-6,8-11,14,19H,7,12-13H2,1H3. The number of methoxy groups -OCH3 is 1. The van der Waals surface area contributed by atoms with Gasteiger partial charge in [-0.15, -0.1) is 0 Å². The Hall–Kier alpha value is -2.42. The zero-order chi connectivity index (χ0) is 15.2. The molecule has 0 radical (unpaired) electrons. The van der Waals surface area contributed by atoms with Gasteiger partial charge < -0.3 is 14.2 Å². The predicted molar refractivity (Wildman–Crippen MR) is 86.0 cm³/mol. The van der Waals surface area contributed by atoms with Crippen LogP contribution in [0, 0.1) is 0 Å². The molecule has 3 rings (SSSR count). The molecule has 2 aromatic rings. The van der Waals surface area contributed by atoms with Crippen LogP contribution in [0.2, 0.25) is 0 Å². The Morgan fingerprint density at radius 2 is 1.73 bits per heavy atom. The average Bonchev–Trinajstić information content (AvgIpc) is 2.58. The van der Waals surface area contributed by atoms with Crippen LogP contribution in [0.3, 0.4) is 0 Å². The zero-order valence-corrected chi connectivity index (χ0v) is 12.7. The van der Waals surface area contributed by atoms with Crippen molar-refractivity contribution >= 4 is 0 Å². The summed E-state index contributed by atoms with van der Waals surface area (Å²) in [6, 6.07) is 18.0. The Balaban J connectivity index is 1.54. The van der Waals surface area contributed by atoms with E-state index in [9.17, 15) is 0 Å². The first kappa shape index (κ1) is 14.5. The molecule has 0 saturated carbocycles. The van der Waals surface area contributed by atoms with Crippen LogP contribution in [0.1, 0.15) is 18.4 Å². The minimum Gasteiger partial charge on any atom is -0.497 e. The fourth-order valence-electron chi connectivity index (χ4n) is 2.48. The van der Waals surface area contributed by atoms with Gasteiger partial charge in [0.05, 0.1) is 13.4 Å². The van der Waals surface area contributed by atoms with E-state index in [-0.39, 0.29) is 6.29 Å². The van der Waals surface area contributed by atoms with Crippen molar-refractivity contribution in [1.29, 1.82) is 0 Å². The summed E-state index contributed by atoms with van der Waals surface area (Å²) in [4.78, 5) is 0. The maximum absolute atomic E-state index is 5.83. The SMILES string of the molecule is COc1ccc(OC2CCC(Cc3ccccc3)=CO2)cc1. The summed E-state index contributed by atoms with van der Waals surface area (Å²) in [6.45, 7) is 0. The summed E-state index contributed by atoms with van der Waals surface area (Å²) in [7, 11) is 1.65. The lowest BCUT2D eigenvalue weighted by molar-refractivity contribution is -0.0441. The molecule has 0 saturated heterocycles. The lowest BCUT2D eigenvalue weighted by Gasteiger charge is -2.24. The van der Waals surface area contributed by atoms with Crippen LogP contribution in [-0.4, -0.2) is 13.4 Å². The van der Waals surface area contributed by atoms with Gasteiger partial charge in [-0.3, -0.25) is 0 Å². The van der Waals surface area contributed by atoms with Crippen LogP contribution >= 0.6 is 0 Å². The lowest BCUT2D eigenvalue weighted by atomic mass is 10.0. The summed E-state index contributed by atoms with van der Waals surface area (Å²) in [5.41, 5.74) is 2.62. The van der Waals surface area contributed by atoms with E-state index in [4.69, 9.17) is 14.2 Å².